The molecule has 21 heavy (non-hydrogen) atoms. The summed E-state index contributed by atoms with van der Waals surface area (Å²) in [7, 11) is 0. The van der Waals surface area contributed by atoms with Crippen LogP contribution in [0.2, 0.25) is 0 Å². The minimum absolute atomic E-state index is 0.0215. The summed E-state index contributed by atoms with van der Waals surface area (Å²) in [5, 5.41) is 15.5. The smallest absolute Gasteiger partial charge is 0.413 e. The van der Waals surface area contributed by atoms with Gasteiger partial charge in [-0.3, -0.25) is 5.32 Å². The Morgan fingerprint density at radius 1 is 1.38 bits per heavy atom. The average Bonchev–Trinajstić information content (AvgIpc) is 2.89. The molecule has 0 radical (unpaired) electrons. The molecule has 1 amide bonds. The van der Waals surface area contributed by atoms with Gasteiger partial charge in [-0.15, -0.1) is 0 Å². The summed E-state index contributed by atoms with van der Waals surface area (Å²) in [4.78, 5) is 22.8. The van der Waals surface area contributed by atoms with E-state index in [-0.39, 0.29) is 18.0 Å². The van der Waals surface area contributed by atoms with Gasteiger partial charge in [-0.1, -0.05) is 30.9 Å². The zero-order chi connectivity index (χ0) is 15.2. The van der Waals surface area contributed by atoms with Crippen LogP contribution in [-0.2, 0) is 4.74 Å². The Morgan fingerprint density at radius 2 is 2.10 bits per heavy atom. The number of carboxylic acid groups (broad SMARTS) is 1. The molecule has 2 rings (SSSR count). The highest BCUT2D eigenvalue weighted by molar-refractivity contribution is 5.97. The third-order valence-corrected chi connectivity index (χ3v) is 2.55. The number of ether oxygens (including phenoxy) is 1. The van der Waals surface area contributed by atoms with Crippen LogP contribution >= 0.6 is 0 Å². The average molecular weight is 287 g/mol. The van der Waals surface area contributed by atoms with Gasteiger partial charge in [0.2, 0.25) is 0 Å². The molecule has 0 unspecified atom stereocenters. The second kappa shape index (κ2) is 6.38. The van der Waals surface area contributed by atoms with Crippen molar-refractivity contribution in [1.82, 2.24) is 9.78 Å². The molecule has 0 atom stereocenters. The summed E-state index contributed by atoms with van der Waals surface area (Å²) < 4.78 is 6.11. The number of rotatable bonds is 5. The van der Waals surface area contributed by atoms with Crippen LogP contribution in [0.4, 0.5) is 10.6 Å². The Hall–Kier alpha value is -3.09. The predicted molar refractivity (Wildman–Crippen MR) is 75.7 cm³/mol. The van der Waals surface area contributed by atoms with Gasteiger partial charge in [0.05, 0.1) is 11.9 Å². The van der Waals surface area contributed by atoms with E-state index in [4.69, 9.17) is 9.84 Å². The van der Waals surface area contributed by atoms with E-state index in [9.17, 15) is 9.59 Å². The van der Waals surface area contributed by atoms with Crippen molar-refractivity contribution in [3.63, 3.8) is 0 Å². The third-order valence-electron chi connectivity index (χ3n) is 2.55. The molecule has 7 heteroatoms. The third kappa shape index (κ3) is 3.27. The van der Waals surface area contributed by atoms with E-state index in [2.05, 4.69) is 17.0 Å². The Balaban J connectivity index is 2.36. The fourth-order valence-corrected chi connectivity index (χ4v) is 1.66. The van der Waals surface area contributed by atoms with E-state index >= 15 is 0 Å². The summed E-state index contributed by atoms with van der Waals surface area (Å²) in [6.07, 6.45) is 1.79. The predicted octanol–water partition coefficient (Wildman–Crippen LogP) is 2.30. The molecule has 0 aliphatic heterocycles. The number of carboxylic acids is 1. The van der Waals surface area contributed by atoms with Gasteiger partial charge in [0.15, 0.2) is 5.82 Å². The lowest BCUT2D eigenvalue weighted by Gasteiger charge is -2.09. The largest absolute Gasteiger partial charge is 0.477 e. The number of carbonyl (C=O) groups excluding carboxylic acids is 1. The summed E-state index contributed by atoms with van der Waals surface area (Å²) in [6, 6.07) is 8.84. The summed E-state index contributed by atoms with van der Waals surface area (Å²) in [5.41, 5.74) is 0.485. The molecule has 0 fully saturated rings. The van der Waals surface area contributed by atoms with Gasteiger partial charge in [-0.05, 0) is 12.1 Å². The van der Waals surface area contributed by atoms with Crippen molar-refractivity contribution in [2.45, 2.75) is 0 Å². The van der Waals surface area contributed by atoms with Gasteiger partial charge in [-0.25, -0.2) is 14.3 Å². The van der Waals surface area contributed by atoms with Crippen molar-refractivity contribution in [3.05, 3.63) is 54.7 Å². The second-order valence-electron chi connectivity index (χ2n) is 3.97. The molecular formula is C14H13N3O4. The van der Waals surface area contributed by atoms with Crippen LogP contribution < -0.4 is 5.32 Å². The molecule has 0 spiro atoms. The second-order valence-corrected chi connectivity index (χ2v) is 3.97. The van der Waals surface area contributed by atoms with Gasteiger partial charge in [-0.2, -0.15) is 5.10 Å². The molecular weight excluding hydrogens is 274 g/mol. The molecule has 0 saturated heterocycles. The fraction of sp³-hybridized carbons (Fsp3) is 0.0714. The SMILES string of the molecule is C=CCOC(=O)Nc1c(C(=O)O)cnn1-c1ccccc1. The molecule has 1 heterocycles. The number of hydrogen-bond acceptors (Lipinski definition) is 4. The lowest BCUT2D eigenvalue weighted by atomic mass is 10.3. The normalized spacial score (nSPS) is 9.90. The summed E-state index contributed by atoms with van der Waals surface area (Å²) in [6.45, 7) is 3.45. The minimum Gasteiger partial charge on any atom is -0.477 e. The van der Waals surface area contributed by atoms with Gasteiger partial charge in [0.1, 0.15) is 12.2 Å². The lowest BCUT2D eigenvalue weighted by molar-refractivity contribution is 0.0698. The molecule has 1 aromatic heterocycles. The van der Waals surface area contributed by atoms with E-state index in [1.54, 1.807) is 24.3 Å². The van der Waals surface area contributed by atoms with E-state index in [1.807, 2.05) is 6.07 Å². The topological polar surface area (TPSA) is 93.4 Å². The summed E-state index contributed by atoms with van der Waals surface area (Å²) >= 11 is 0. The van der Waals surface area contributed by atoms with Crippen molar-refractivity contribution in [3.8, 4) is 5.69 Å². The zero-order valence-electron chi connectivity index (χ0n) is 11.0. The molecule has 0 bridgehead atoms. The van der Waals surface area contributed by atoms with Gasteiger partial charge < -0.3 is 9.84 Å². The highest BCUT2D eigenvalue weighted by Crippen LogP contribution is 2.20. The number of nitrogens with one attached hydrogen (secondary N) is 1. The molecule has 1 aromatic carbocycles. The van der Waals surface area contributed by atoms with Gasteiger partial charge >= 0.3 is 12.1 Å². The Bertz CT molecular complexity index is 664. The van der Waals surface area contributed by atoms with E-state index < -0.39 is 12.1 Å². The quantitative estimate of drug-likeness (QED) is 0.823. The molecule has 2 N–H and O–H groups in total. The molecule has 0 aliphatic carbocycles. The number of para-hydroxylation sites is 1. The first kappa shape index (κ1) is 14.3. The standard InChI is InChI=1S/C14H13N3O4/c1-2-8-21-14(20)16-12-11(13(18)19)9-15-17(12)10-6-4-3-5-7-10/h2-7,9H,1,8H2,(H,16,20)(H,18,19). The van der Waals surface area contributed by atoms with Crippen LogP contribution in [0.3, 0.4) is 0 Å². The van der Waals surface area contributed by atoms with Crippen LogP contribution in [-0.4, -0.2) is 33.6 Å². The Labute approximate surface area is 120 Å². The maximum absolute atomic E-state index is 11.6. The Kier molecular flexibility index (Phi) is 4.35. The minimum atomic E-state index is -1.20. The highest BCUT2D eigenvalue weighted by Gasteiger charge is 2.20. The number of hydrogen-bond donors (Lipinski definition) is 2. The number of nitrogens with zero attached hydrogens (tertiary/aromatic N) is 2. The van der Waals surface area contributed by atoms with Crippen molar-refractivity contribution in [2.75, 3.05) is 11.9 Å². The van der Waals surface area contributed by atoms with Crippen molar-refractivity contribution in [1.29, 1.82) is 0 Å². The van der Waals surface area contributed by atoms with Crippen LogP contribution in [0.5, 0.6) is 0 Å². The molecule has 7 nitrogen and oxygen atoms in total. The maximum atomic E-state index is 11.6. The lowest BCUT2D eigenvalue weighted by Crippen LogP contribution is -2.18. The molecule has 0 saturated carbocycles. The summed E-state index contributed by atoms with van der Waals surface area (Å²) in [5.74, 6) is -1.17. The zero-order valence-corrected chi connectivity index (χ0v) is 11.0. The number of anilines is 1. The van der Waals surface area contributed by atoms with E-state index in [0.29, 0.717) is 5.69 Å². The van der Waals surface area contributed by atoms with E-state index in [0.717, 1.165) is 0 Å². The van der Waals surface area contributed by atoms with Crippen LogP contribution in [0, 0.1) is 0 Å². The number of aromatic carboxylic acids is 1. The molecule has 2 aromatic rings. The molecule has 0 aliphatic rings. The van der Waals surface area contributed by atoms with Crippen LogP contribution in [0.15, 0.2) is 49.2 Å². The number of amides is 1. The molecule has 108 valence electrons. The van der Waals surface area contributed by atoms with Crippen LogP contribution in [0.1, 0.15) is 10.4 Å². The van der Waals surface area contributed by atoms with Crippen molar-refractivity contribution in [2.24, 2.45) is 0 Å². The van der Waals surface area contributed by atoms with E-state index in [1.165, 1.54) is 17.0 Å². The number of aromatic nitrogens is 2. The first-order valence-corrected chi connectivity index (χ1v) is 6.05. The van der Waals surface area contributed by atoms with Gasteiger partial charge in [0, 0.05) is 0 Å². The highest BCUT2D eigenvalue weighted by atomic mass is 16.5. The maximum Gasteiger partial charge on any atom is 0.413 e. The first-order chi connectivity index (χ1) is 10.1. The number of benzene rings is 1. The van der Waals surface area contributed by atoms with Gasteiger partial charge in [0.25, 0.3) is 0 Å². The number of carbonyl (C=O) groups is 2. The van der Waals surface area contributed by atoms with Crippen molar-refractivity contribution < 1.29 is 19.4 Å². The van der Waals surface area contributed by atoms with Crippen LogP contribution in [0.25, 0.3) is 5.69 Å². The fourth-order valence-electron chi connectivity index (χ4n) is 1.66. The monoisotopic (exact) mass is 287 g/mol. The first-order valence-electron chi connectivity index (χ1n) is 6.05. The van der Waals surface area contributed by atoms with Crippen molar-refractivity contribution >= 4 is 17.9 Å². The Morgan fingerprint density at radius 3 is 2.71 bits per heavy atom.